The van der Waals surface area contributed by atoms with Crippen molar-refractivity contribution >= 4 is 17.5 Å². The summed E-state index contributed by atoms with van der Waals surface area (Å²) in [6, 6.07) is 23.5. The van der Waals surface area contributed by atoms with E-state index in [4.69, 9.17) is 16.9 Å². The maximum Gasteiger partial charge on any atom is 0.251 e. The second kappa shape index (κ2) is 10.8. The lowest BCUT2D eigenvalue weighted by Crippen LogP contribution is -2.39. The summed E-state index contributed by atoms with van der Waals surface area (Å²) in [4.78, 5) is 13.0. The van der Waals surface area contributed by atoms with Crippen LogP contribution in [-0.2, 0) is 13.0 Å². The van der Waals surface area contributed by atoms with Gasteiger partial charge in [-0.2, -0.15) is 9.94 Å². The lowest BCUT2D eigenvalue weighted by Gasteiger charge is -2.19. The van der Waals surface area contributed by atoms with Gasteiger partial charge in [-0.15, -0.1) is 10.2 Å². The Balaban J connectivity index is 1.40. The second-order valence-electron chi connectivity index (χ2n) is 8.29. The number of aromatic nitrogens is 7. The largest absolute Gasteiger partial charge is 0.347 e. The summed E-state index contributed by atoms with van der Waals surface area (Å²) in [5, 5.41) is 32.7. The fourth-order valence-electron chi connectivity index (χ4n) is 3.95. The average molecular weight is 510 g/mol. The molecule has 10 nitrogen and oxygen atoms in total. The number of amides is 1. The van der Waals surface area contributed by atoms with Crippen LogP contribution in [0.15, 0.2) is 85.3 Å². The highest BCUT2D eigenvalue weighted by Crippen LogP contribution is 2.27. The summed E-state index contributed by atoms with van der Waals surface area (Å²) < 4.78 is 3.22. The Morgan fingerprint density at radius 1 is 1.05 bits per heavy atom. The molecule has 0 saturated carbocycles. The minimum atomic E-state index is -0.279. The number of hydrogen-bond donors (Lipinski definition) is 1. The van der Waals surface area contributed by atoms with E-state index in [1.807, 2.05) is 36.4 Å². The van der Waals surface area contributed by atoms with E-state index in [-0.39, 0.29) is 11.9 Å². The molecule has 0 saturated heterocycles. The van der Waals surface area contributed by atoms with Gasteiger partial charge in [0.15, 0.2) is 0 Å². The van der Waals surface area contributed by atoms with Gasteiger partial charge in [-0.25, -0.2) is 4.68 Å². The van der Waals surface area contributed by atoms with E-state index in [0.717, 1.165) is 5.56 Å². The maximum atomic E-state index is 13.0. The van der Waals surface area contributed by atoms with E-state index >= 15 is 0 Å². The van der Waals surface area contributed by atoms with Gasteiger partial charge in [0.1, 0.15) is 12.0 Å². The Morgan fingerprint density at radius 3 is 2.59 bits per heavy atom. The van der Waals surface area contributed by atoms with Crippen molar-refractivity contribution in [1.29, 1.82) is 5.26 Å². The zero-order chi connectivity index (χ0) is 25.6. The van der Waals surface area contributed by atoms with Gasteiger partial charge >= 0.3 is 0 Å². The molecule has 3 aromatic carbocycles. The van der Waals surface area contributed by atoms with Crippen LogP contribution in [0.4, 0.5) is 0 Å². The molecule has 0 aliphatic heterocycles. The number of carbonyl (C=O) groups is 1. The SMILES string of the molecule is N#Cc1ccc(C(=O)NC(Cc2ccccc2)Cn2cc(-c3cc(Cl)ccc3-n3cnnn3)nn2)cc1. The van der Waals surface area contributed by atoms with Crippen LogP contribution in [0, 0.1) is 11.3 Å². The normalized spacial score (nSPS) is 11.6. The number of carbonyl (C=O) groups excluding carboxylic acids is 1. The van der Waals surface area contributed by atoms with Crippen molar-refractivity contribution in [2.45, 2.75) is 19.0 Å². The Labute approximate surface area is 217 Å². The van der Waals surface area contributed by atoms with E-state index < -0.39 is 0 Å². The molecule has 0 aliphatic rings. The van der Waals surface area contributed by atoms with Gasteiger partial charge in [0.2, 0.25) is 0 Å². The first-order valence-electron chi connectivity index (χ1n) is 11.4. The van der Waals surface area contributed by atoms with Crippen LogP contribution in [-0.4, -0.2) is 47.2 Å². The lowest BCUT2D eigenvalue weighted by atomic mass is 10.0. The third kappa shape index (κ3) is 5.69. The summed E-state index contributed by atoms with van der Waals surface area (Å²) in [6.07, 6.45) is 3.88. The van der Waals surface area contributed by atoms with Crippen LogP contribution in [0.5, 0.6) is 0 Å². The first-order valence-corrected chi connectivity index (χ1v) is 11.8. The van der Waals surface area contributed by atoms with Gasteiger partial charge < -0.3 is 5.32 Å². The molecule has 0 spiro atoms. The summed E-state index contributed by atoms with van der Waals surface area (Å²) in [6.45, 7) is 0.380. The minimum absolute atomic E-state index is 0.235. The fourth-order valence-corrected chi connectivity index (χ4v) is 4.12. The number of nitrogens with zero attached hydrogens (tertiary/aromatic N) is 8. The third-order valence-electron chi connectivity index (χ3n) is 5.71. The predicted molar refractivity (Wildman–Crippen MR) is 136 cm³/mol. The highest BCUT2D eigenvalue weighted by Gasteiger charge is 2.18. The molecule has 182 valence electrons. The molecule has 0 bridgehead atoms. The summed E-state index contributed by atoms with van der Waals surface area (Å²) in [5.74, 6) is -0.235. The highest BCUT2D eigenvalue weighted by atomic mass is 35.5. The van der Waals surface area contributed by atoms with Gasteiger partial charge in [0.05, 0.1) is 36.1 Å². The molecule has 5 rings (SSSR count). The summed E-state index contributed by atoms with van der Waals surface area (Å²) in [7, 11) is 0. The Bertz CT molecular complexity index is 1540. The van der Waals surface area contributed by atoms with Crippen LogP contribution < -0.4 is 5.32 Å². The standard InChI is InChI=1S/C26H20ClN9O/c27-21-10-11-25(36-17-29-32-34-36)23(13-21)24-16-35(33-31-24)15-22(12-18-4-2-1-3-5-18)30-26(37)20-8-6-19(14-28)7-9-20/h1-11,13,16-17,22H,12,15H2,(H,30,37). The molecule has 1 unspecified atom stereocenters. The predicted octanol–water partition coefficient (Wildman–Crippen LogP) is 3.49. The van der Waals surface area contributed by atoms with Crippen molar-refractivity contribution in [2.75, 3.05) is 0 Å². The fraction of sp³-hybridized carbons (Fsp3) is 0.115. The van der Waals surface area contributed by atoms with Crippen LogP contribution >= 0.6 is 11.6 Å². The van der Waals surface area contributed by atoms with Crippen molar-refractivity contribution in [1.82, 2.24) is 40.5 Å². The number of halogens is 1. The molecule has 1 amide bonds. The summed E-state index contributed by atoms with van der Waals surface area (Å²) >= 11 is 6.26. The third-order valence-corrected chi connectivity index (χ3v) is 5.95. The van der Waals surface area contributed by atoms with Gasteiger partial charge in [-0.3, -0.25) is 4.79 Å². The number of rotatable bonds is 8. The molecule has 0 aliphatic carbocycles. The maximum absolute atomic E-state index is 13.0. The van der Waals surface area contributed by atoms with Crippen molar-refractivity contribution in [3.63, 3.8) is 0 Å². The van der Waals surface area contributed by atoms with Crippen LogP contribution in [0.2, 0.25) is 5.02 Å². The van der Waals surface area contributed by atoms with Crippen LogP contribution in [0.3, 0.4) is 0 Å². The second-order valence-corrected chi connectivity index (χ2v) is 8.73. The van der Waals surface area contributed by atoms with E-state index in [9.17, 15) is 4.79 Å². The topological polar surface area (TPSA) is 127 Å². The van der Waals surface area contributed by atoms with E-state index in [1.54, 1.807) is 47.3 Å². The molecule has 0 radical (unpaired) electrons. The number of hydrogen-bond acceptors (Lipinski definition) is 7. The zero-order valence-corrected chi connectivity index (χ0v) is 20.2. The van der Waals surface area contributed by atoms with E-state index in [0.29, 0.717) is 46.1 Å². The van der Waals surface area contributed by atoms with Crippen molar-refractivity contribution in [3.8, 4) is 23.0 Å². The number of tetrazole rings is 1. The molecule has 0 fully saturated rings. The van der Waals surface area contributed by atoms with Crippen molar-refractivity contribution < 1.29 is 4.79 Å². The first-order chi connectivity index (χ1) is 18.1. The first kappa shape index (κ1) is 23.8. The Morgan fingerprint density at radius 2 is 1.86 bits per heavy atom. The molecule has 1 N–H and O–H groups in total. The molecule has 1 atom stereocenters. The van der Waals surface area contributed by atoms with Crippen LogP contribution in [0.25, 0.3) is 16.9 Å². The summed E-state index contributed by atoms with van der Waals surface area (Å²) in [5.41, 5.74) is 4.05. The quantitative estimate of drug-likeness (QED) is 0.339. The smallest absolute Gasteiger partial charge is 0.251 e. The van der Waals surface area contributed by atoms with Crippen molar-refractivity contribution in [2.24, 2.45) is 0 Å². The number of nitriles is 1. The molecule has 5 aromatic rings. The Kier molecular flexibility index (Phi) is 6.96. The molecular weight excluding hydrogens is 490 g/mol. The number of nitrogens with one attached hydrogen (secondary N) is 1. The molecule has 2 aromatic heterocycles. The molecule has 2 heterocycles. The Hall–Kier alpha value is -4.88. The monoisotopic (exact) mass is 509 g/mol. The molecule has 11 heteroatoms. The highest BCUT2D eigenvalue weighted by molar-refractivity contribution is 6.31. The molecule has 37 heavy (non-hydrogen) atoms. The zero-order valence-electron chi connectivity index (χ0n) is 19.4. The molecular formula is C26H20ClN9O. The van der Waals surface area contributed by atoms with E-state index in [2.05, 4.69) is 37.2 Å². The van der Waals surface area contributed by atoms with Gasteiger partial charge in [-0.05, 0) is 64.9 Å². The van der Waals surface area contributed by atoms with Gasteiger partial charge in [-0.1, -0.05) is 47.1 Å². The van der Waals surface area contributed by atoms with Gasteiger partial charge in [0, 0.05) is 16.1 Å². The van der Waals surface area contributed by atoms with E-state index in [1.165, 1.54) is 11.0 Å². The van der Waals surface area contributed by atoms with Gasteiger partial charge in [0.25, 0.3) is 5.91 Å². The lowest BCUT2D eigenvalue weighted by molar-refractivity contribution is 0.0932. The average Bonchev–Trinajstić information content (AvgIpc) is 3.62. The number of benzene rings is 3. The van der Waals surface area contributed by atoms with Crippen LogP contribution in [0.1, 0.15) is 21.5 Å². The van der Waals surface area contributed by atoms with Crippen molar-refractivity contribution in [3.05, 3.63) is 107 Å². The minimum Gasteiger partial charge on any atom is -0.347 e.